The second kappa shape index (κ2) is 3.92. The van der Waals surface area contributed by atoms with Crippen LogP contribution < -0.4 is 11.2 Å². The lowest BCUT2D eigenvalue weighted by molar-refractivity contribution is 0.919. The standard InChI is InChI=1S/C12H8N4O2/c17-11-9-6-13-7-14-10(9)16(12(18)15-11)8-4-2-1-3-5-8/h1-7H,(H,15,17,18). The van der Waals surface area contributed by atoms with Crippen LogP contribution in [-0.4, -0.2) is 19.5 Å². The van der Waals surface area contributed by atoms with Crippen LogP contribution in [0.4, 0.5) is 0 Å². The van der Waals surface area contributed by atoms with E-state index in [9.17, 15) is 9.59 Å². The SMILES string of the molecule is O=c1[nH]c(=O)n(-c2ccccc2)c2ncncc12. The molecular weight excluding hydrogens is 232 g/mol. The summed E-state index contributed by atoms with van der Waals surface area (Å²) in [6.45, 7) is 0. The van der Waals surface area contributed by atoms with Gasteiger partial charge in [-0.1, -0.05) is 18.2 Å². The minimum absolute atomic E-state index is 0.279. The van der Waals surface area contributed by atoms with E-state index in [1.807, 2.05) is 6.07 Å². The molecule has 18 heavy (non-hydrogen) atoms. The lowest BCUT2D eigenvalue weighted by Crippen LogP contribution is -2.29. The van der Waals surface area contributed by atoms with Gasteiger partial charge in [-0.3, -0.25) is 9.78 Å². The van der Waals surface area contributed by atoms with Crippen molar-refractivity contribution in [3.8, 4) is 5.69 Å². The maximum Gasteiger partial charge on any atom is 0.334 e. The molecule has 6 nitrogen and oxygen atoms in total. The summed E-state index contributed by atoms with van der Waals surface area (Å²) < 4.78 is 1.35. The fraction of sp³-hybridized carbons (Fsp3) is 0. The van der Waals surface area contributed by atoms with Gasteiger partial charge in [0.05, 0.1) is 5.69 Å². The third kappa shape index (κ3) is 1.51. The molecule has 0 radical (unpaired) electrons. The summed E-state index contributed by atoms with van der Waals surface area (Å²) in [5, 5.41) is 0.279. The average molecular weight is 240 g/mol. The van der Waals surface area contributed by atoms with Crippen molar-refractivity contribution in [1.82, 2.24) is 19.5 Å². The van der Waals surface area contributed by atoms with Crippen LogP contribution in [-0.2, 0) is 0 Å². The molecule has 0 aliphatic rings. The molecule has 2 aromatic heterocycles. The highest BCUT2D eigenvalue weighted by molar-refractivity contribution is 5.74. The van der Waals surface area contributed by atoms with Crippen LogP contribution >= 0.6 is 0 Å². The number of hydrogen-bond donors (Lipinski definition) is 1. The Morgan fingerprint density at radius 2 is 1.89 bits per heavy atom. The van der Waals surface area contributed by atoms with Gasteiger partial charge in [0.2, 0.25) is 0 Å². The number of para-hydroxylation sites is 1. The average Bonchev–Trinajstić information content (AvgIpc) is 2.40. The number of hydrogen-bond acceptors (Lipinski definition) is 4. The number of H-pyrrole nitrogens is 1. The van der Waals surface area contributed by atoms with Gasteiger partial charge in [0.1, 0.15) is 11.7 Å². The molecule has 0 unspecified atom stereocenters. The zero-order chi connectivity index (χ0) is 12.5. The van der Waals surface area contributed by atoms with Gasteiger partial charge in [-0.25, -0.2) is 19.3 Å². The molecule has 6 heteroatoms. The highest BCUT2D eigenvalue weighted by Crippen LogP contribution is 2.09. The maximum absolute atomic E-state index is 11.9. The van der Waals surface area contributed by atoms with Crippen LogP contribution in [0.15, 0.2) is 52.4 Å². The zero-order valence-corrected chi connectivity index (χ0v) is 9.20. The van der Waals surface area contributed by atoms with E-state index in [2.05, 4.69) is 15.0 Å². The predicted octanol–water partition coefficient (Wildman–Crippen LogP) is 0.469. The number of fused-ring (bicyclic) bond motifs is 1. The number of nitrogens with zero attached hydrogens (tertiary/aromatic N) is 3. The van der Waals surface area contributed by atoms with Gasteiger partial charge in [0, 0.05) is 6.20 Å². The summed E-state index contributed by atoms with van der Waals surface area (Å²) in [7, 11) is 0. The van der Waals surface area contributed by atoms with Crippen molar-refractivity contribution in [3.05, 3.63) is 63.7 Å². The molecule has 2 heterocycles. The van der Waals surface area contributed by atoms with E-state index in [0.29, 0.717) is 11.3 Å². The van der Waals surface area contributed by atoms with Crippen molar-refractivity contribution in [2.75, 3.05) is 0 Å². The van der Waals surface area contributed by atoms with Crippen LogP contribution in [0.2, 0.25) is 0 Å². The van der Waals surface area contributed by atoms with E-state index >= 15 is 0 Å². The van der Waals surface area contributed by atoms with Gasteiger partial charge in [-0.15, -0.1) is 0 Å². The van der Waals surface area contributed by atoms with Crippen molar-refractivity contribution >= 4 is 11.0 Å². The van der Waals surface area contributed by atoms with Crippen molar-refractivity contribution in [1.29, 1.82) is 0 Å². The molecule has 0 amide bonds. The Balaban J connectivity index is 2.50. The van der Waals surface area contributed by atoms with Crippen molar-refractivity contribution < 1.29 is 0 Å². The maximum atomic E-state index is 11.9. The molecule has 0 saturated carbocycles. The first kappa shape index (κ1) is 10.4. The number of aromatic nitrogens is 4. The number of aromatic amines is 1. The first-order valence-electron chi connectivity index (χ1n) is 5.28. The lowest BCUT2D eigenvalue weighted by Gasteiger charge is -2.07. The van der Waals surface area contributed by atoms with Crippen LogP contribution in [0, 0.1) is 0 Å². The first-order chi connectivity index (χ1) is 8.77. The summed E-state index contributed by atoms with van der Waals surface area (Å²) in [5.74, 6) is 0. The molecule has 0 bridgehead atoms. The van der Waals surface area contributed by atoms with Gasteiger partial charge in [0.15, 0.2) is 5.65 Å². The summed E-state index contributed by atoms with van der Waals surface area (Å²) >= 11 is 0. The van der Waals surface area contributed by atoms with E-state index in [1.54, 1.807) is 24.3 Å². The Hall–Kier alpha value is -2.76. The molecular formula is C12H8N4O2. The van der Waals surface area contributed by atoms with Gasteiger partial charge >= 0.3 is 5.69 Å². The van der Waals surface area contributed by atoms with Crippen molar-refractivity contribution in [2.45, 2.75) is 0 Å². The third-order valence-electron chi connectivity index (χ3n) is 2.59. The van der Waals surface area contributed by atoms with E-state index in [4.69, 9.17) is 0 Å². The molecule has 1 N–H and O–H groups in total. The fourth-order valence-electron chi connectivity index (χ4n) is 1.79. The molecule has 3 rings (SSSR count). The molecule has 0 spiro atoms. The van der Waals surface area contributed by atoms with E-state index in [1.165, 1.54) is 17.1 Å². The predicted molar refractivity (Wildman–Crippen MR) is 65.8 cm³/mol. The zero-order valence-electron chi connectivity index (χ0n) is 9.20. The van der Waals surface area contributed by atoms with Gasteiger partial charge in [-0.05, 0) is 12.1 Å². The topological polar surface area (TPSA) is 80.6 Å². The van der Waals surface area contributed by atoms with Crippen LogP contribution in [0.1, 0.15) is 0 Å². The normalized spacial score (nSPS) is 10.7. The van der Waals surface area contributed by atoms with E-state index < -0.39 is 11.2 Å². The molecule has 88 valence electrons. The fourth-order valence-corrected chi connectivity index (χ4v) is 1.79. The summed E-state index contributed by atoms with van der Waals surface area (Å²) in [5.41, 5.74) is -0.0624. The highest BCUT2D eigenvalue weighted by atomic mass is 16.2. The smallest absolute Gasteiger partial charge is 0.273 e. The van der Waals surface area contributed by atoms with Gasteiger partial charge in [-0.2, -0.15) is 0 Å². The van der Waals surface area contributed by atoms with Crippen molar-refractivity contribution in [3.63, 3.8) is 0 Å². The quantitative estimate of drug-likeness (QED) is 0.670. The van der Waals surface area contributed by atoms with Gasteiger partial charge < -0.3 is 0 Å². The molecule has 3 aromatic rings. The number of benzene rings is 1. The molecule has 1 aromatic carbocycles. The summed E-state index contributed by atoms with van der Waals surface area (Å²) in [6, 6.07) is 8.99. The molecule has 0 aliphatic heterocycles. The number of nitrogens with one attached hydrogen (secondary N) is 1. The Labute approximate surface area is 101 Å². The second-order valence-electron chi connectivity index (χ2n) is 3.69. The third-order valence-corrected chi connectivity index (χ3v) is 2.59. The molecule has 0 saturated heterocycles. The summed E-state index contributed by atoms with van der Waals surface area (Å²) in [6.07, 6.45) is 2.70. The Kier molecular flexibility index (Phi) is 2.26. The first-order valence-corrected chi connectivity index (χ1v) is 5.28. The molecule has 0 fully saturated rings. The highest BCUT2D eigenvalue weighted by Gasteiger charge is 2.09. The molecule has 0 atom stereocenters. The van der Waals surface area contributed by atoms with Gasteiger partial charge in [0.25, 0.3) is 5.56 Å². The van der Waals surface area contributed by atoms with Crippen LogP contribution in [0.25, 0.3) is 16.7 Å². The molecule has 0 aliphatic carbocycles. The lowest BCUT2D eigenvalue weighted by atomic mass is 10.3. The van der Waals surface area contributed by atoms with Crippen LogP contribution in [0.5, 0.6) is 0 Å². The number of rotatable bonds is 1. The second-order valence-corrected chi connectivity index (χ2v) is 3.69. The minimum atomic E-state index is -0.516. The largest absolute Gasteiger partial charge is 0.334 e. The van der Waals surface area contributed by atoms with Crippen molar-refractivity contribution in [2.24, 2.45) is 0 Å². The summed E-state index contributed by atoms with van der Waals surface area (Å²) in [4.78, 5) is 33.6. The Bertz CT molecular complexity index is 821. The van der Waals surface area contributed by atoms with E-state index in [-0.39, 0.29) is 5.39 Å². The monoisotopic (exact) mass is 240 g/mol. The minimum Gasteiger partial charge on any atom is -0.273 e. The van der Waals surface area contributed by atoms with E-state index in [0.717, 1.165) is 0 Å². The van der Waals surface area contributed by atoms with Crippen LogP contribution in [0.3, 0.4) is 0 Å². The Morgan fingerprint density at radius 3 is 2.67 bits per heavy atom. The Morgan fingerprint density at radius 1 is 1.11 bits per heavy atom.